The Labute approximate surface area is 121 Å². The molecule has 1 unspecified atom stereocenters. The molecule has 0 bridgehead atoms. The lowest BCUT2D eigenvalue weighted by molar-refractivity contribution is 0.342. The van der Waals surface area contributed by atoms with Crippen LogP contribution in [0.1, 0.15) is 34.7 Å². The number of nitrogens with two attached hydrogens (primary N) is 1. The van der Waals surface area contributed by atoms with Crippen molar-refractivity contribution < 1.29 is 0 Å². The summed E-state index contributed by atoms with van der Waals surface area (Å²) in [6, 6.07) is 15.5. The SMILES string of the molecule is CN(C)C(c1ccc(N)cc1)c1ccc2c(c1)CCC2. The number of hydrogen-bond acceptors (Lipinski definition) is 2. The average Bonchev–Trinajstić information content (AvgIpc) is 2.88. The molecule has 1 aliphatic carbocycles. The number of nitrogens with zero attached hydrogens (tertiary/aromatic N) is 1. The molecule has 0 fully saturated rings. The van der Waals surface area contributed by atoms with Crippen molar-refractivity contribution in [1.82, 2.24) is 4.90 Å². The zero-order valence-corrected chi connectivity index (χ0v) is 12.3. The average molecular weight is 266 g/mol. The normalized spacial score (nSPS) is 15.3. The number of anilines is 1. The van der Waals surface area contributed by atoms with Crippen LogP contribution in [-0.4, -0.2) is 19.0 Å². The third-order valence-corrected chi connectivity index (χ3v) is 4.21. The van der Waals surface area contributed by atoms with Gasteiger partial charge in [-0.2, -0.15) is 0 Å². The summed E-state index contributed by atoms with van der Waals surface area (Å²) in [5.41, 5.74) is 12.4. The molecule has 2 nitrogen and oxygen atoms in total. The maximum absolute atomic E-state index is 5.80. The lowest BCUT2D eigenvalue weighted by atomic mass is 9.95. The highest BCUT2D eigenvalue weighted by atomic mass is 15.1. The maximum atomic E-state index is 5.80. The van der Waals surface area contributed by atoms with Gasteiger partial charge in [0.25, 0.3) is 0 Å². The van der Waals surface area contributed by atoms with Crippen LogP contribution in [-0.2, 0) is 12.8 Å². The lowest BCUT2D eigenvalue weighted by Crippen LogP contribution is -2.21. The van der Waals surface area contributed by atoms with Gasteiger partial charge in [0.15, 0.2) is 0 Å². The van der Waals surface area contributed by atoms with E-state index in [1.807, 2.05) is 12.1 Å². The fourth-order valence-electron chi connectivity index (χ4n) is 3.23. The first kappa shape index (κ1) is 13.2. The van der Waals surface area contributed by atoms with Gasteiger partial charge in [0, 0.05) is 5.69 Å². The summed E-state index contributed by atoms with van der Waals surface area (Å²) in [7, 11) is 4.27. The molecule has 0 spiro atoms. The third kappa shape index (κ3) is 2.44. The molecule has 0 aliphatic heterocycles. The first-order chi connectivity index (χ1) is 9.65. The maximum Gasteiger partial charge on any atom is 0.0596 e. The van der Waals surface area contributed by atoms with Gasteiger partial charge in [0.1, 0.15) is 0 Å². The van der Waals surface area contributed by atoms with Gasteiger partial charge >= 0.3 is 0 Å². The van der Waals surface area contributed by atoms with Crippen molar-refractivity contribution in [2.45, 2.75) is 25.3 Å². The molecule has 0 saturated carbocycles. The predicted octanol–water partition coefficient (Wildman–Crippen LogP) is 3.41. The van der Waals surface area contributed by atoms with Crippen LogP contribution in [0.3, 0.4) is 0 Å². The Hall–Kier alpha value is -1.80. The van der Waals surface area contributed by atoms with Gasteiger partial charge in [-0.1, -0.05) is 30.3 Å². The molecule has 2 aromatic rings. The number of fused-ring (bicyclic) bond motifs is 1. The fraction of sp³-hybridized carbons (Fsp3) is 0.333. The topological polar surface area (TPSA) is 29.3 Å². The van der Waals surface area contributed by atoms with E-state index in [1.54, 1.807) is 0 Å². The molecule has 2 aromatic carbocycles. The third-order valence-electron chi connectivity index (χ3n) is 4.21. The largest absolute Gasteiger partial charge is 0.399 e. The van der Waals surface area contributed by atoms with Gasteiger partial charge in [-0.25, -0.2) is 0 Å². The van der Waals surface area contributed by atoms with Gasteiger partial charge < -0.3 is 5.73 Å². The predicted molar refractivity (Wildman–Crippen MR) is 84.9 cm³/mol. The number of rotatable bonds is 3. The number of hydrogen-bond donors (Lipinski definition) is 1. The molecule has 2 N–H and O–H groups in total. The molecular formula is C18H22N2. The van der Waals surface area contributed by atoms with E-state index in [0.29, 0.717) is 6.04 Å². The highest BCUT2D eigenvalue weighted by molar-refractivity contribution is 5.44. The van der Waals surface area contributed by atoms with Crippen LogP contribution in [0.25, 0.3) is 0 Å². The quantitative estimate of drug-likeness (QED) is 0.863. The van der Waals surface area contributed by atoms with Crippen molar-refractivity contribution in [2.75, 3.05) is 19.8 Å². The molecule has 0 saturated heterocycles. The molecule has 0 heterocycles. The summed E-state index contributed by atoms with van der Waals surface area (Å²) >= 11 is 0. The monoisotopic (exact) mass is 266 g/mol. The minimum atomic E-state index is 0.293. The van der Waals surface area contributed by atoms with Crippen molar-refractivity contribution in [3.05, 3.63) is 64.7 Å². The Morgan fingerprint density at radius 2 is 1.55 bits per heavy atom. The standard InChI is InChI=1S/C18H22N2/c1-20(2)18(14-8-10-17(19)11-9-14)16-7-6-13-4-3-5-15(13)12-16/h6-12,18H,3-5,19H2,1-2H3. The van der Waals surface area contributed by atoms with Gasteiger partial charge in [0.05, 0.1) is 6.04 Å². The molecule has 0 radical (unpaired) electrons. The summed E-state index contributed by atoms with van der Waals surface area (Å²) in [6.45, 7) is 0. The van der Waals surface area contributed by atoms with Crippen molar-refractivity contribution in [2.24, 2.45) is 0 Å². The summed E-state index contributed by atoms with van der Waals surface area (Å²) in [6.07, 6.45) is 3.77. The van der Waals surface area contributed by atoms with Crippen LogP contribution in [0.15, 0.2) is 42.5 Å². The lowest BCUT2D eigenvalue weighted by Gasteiger charge is -2.26. The zero-order chi connectivity index (χ0) is 14.1. The Bertz CT molecular complexity index is 599. The minimum absolute atomic E-state index is 0.293. The Morgan fingerprint density at radius 1 is 0.900 bits per heavy atom. The molecule has 104 valence electrons. The van der Waals surface area contributed by atoms with E-state index in [9.17, 15) is 0 Å². The second-order valence-corrected chi connectivity index (χ2v) is 5.91. The second-order valence-electron chi connectivity index (χ2n) is 5.91. The molecule has 1 atom stereocenters. The summed E-state index contributed by atoms with van der Waals surface area (Å²) in [5.74, 6) is 0. The first-order valence-corrected chi connectivity index (χ1v) is 7.29. The molecule has 20 heavy (non-hydrogen) atoms. The number of nitrogen functional groups attached to an aromatic ring is 1. The highest BCUT2D eigenvalue weighted by Crippen LogP contribution is 2.31. The summed E-state index contributed by atoms with van der Waals surface area (Å²) < 4.78 is 0. The van der Waals surface area contributed by atoms with Crippen LogP contribution < -0.4 is 5.73 Å². The highest BCUT2D eigenvalue weighted by Gasteiger charge is 2.19. The van der Waals surface area contributed by atoms with Crippen LogP contribution in [0.2, 0.25) is 0 Å². The van der Waals surface area contributed by atoms with Gasteiger partial charge in [-0.3, -0.25) is 4.90 Å². The molecule has 0 amide bonds. The summed E-state index contributed by atoms with van der Waals surface area (Å²) in [4.78, 5) is 2.27. The number of benzene rings is 2. The fourth-order valence-corrected chi connectivity index (χ4v) is 3.23. The Balaban J connectivity index is 2.00. The van der Waals surface area contributed by atoms with E-state index >= 15 is 0 Å². The van der Waals surface area contributed by atoms with E-state index in [-0.39, 0.29) is 0 Å². The summed E-state index contributed by atoms with van der Waals surface area (Å²) in [5, 5.41) is 0. The molecule has 2 heteroatoms. The van der Waals surface area contributed by atoms with Crippen LogP contribution in [0.5, 0.6) is 0 Å². The van der Waals surface area contributed by atoms with Gasteiger partial charge in [-0.15, -0.1) is 0 Å². The Morgan fingerprint density at radius 3 is 2.25 bits per heavy atom. The van der Waals surface area contributed by atoms with Crippen LogP contribution in [0.4, 0.5) is 5.69 Å². The molecule has 1 aliphatic rings. The van der Waals surface area contributed by atoms with Crippen molar-refractivity contribution in [3.8, 4) is 0 Å². The second kappa shape index (κ2) is 5.29. The molecule has 3 rings (SSSR count). The minimum Gasteiger partial charge on any atom is -0.399 e. The van der Waals surface area contributed by atoms with Crippen molar-refractivity contribution in [3.63, 3.8) is 0 Å². The molecular weight excluding hydrogens is 244 g/mol. The van der Waals surface area contributed by atoms with E-state index in [2.05, 4.69) is 49.3 Å². The smallest absolute Gasteiger partial charge is 0.0596 e. The first-order valence-electron chi connectivity index (χ1n) is 7.29. The van der Waals surface area contributed by atoms with E-state index in [4.69, 9.17) is 5.73 Å². The number of aryl methyl sites for hydroxylation is 2. The van der Waals surface area contributed by atoms with Crippen LogP contribution in [0, 0.1) is 0 Å². The van der Waals surface area contributed by atoms with E-state index in [1.165, 1.54) is 41.5 Å². The molecule has 0 aromatic heterocycles. The van der Waals surface area contributed by atoms with Gasteiger partial charge in [-0.05, 0) is 67.7 Å². The zero-order valence-electron chi connectivity index (χ0n) is 12.3. The van der Waals surface area contributed by atoms with Crippen molar-refractivity contribution >= 4 is 5.69 Å². The van der Waals surface area contributed by atoms with E-state index < -0.39 is 0 Å². The van der Waals surface area contributed by atoms with E-state index in [0.717, 1.165) is 5.69 Å². The van der Waals surface area contributed by atoms with Crippen molar-refractivity contribution in [1.29, 1.82) is 0 Å². The van der Waals surface area contributed by atoms with Crippen LogP contribution >= 0.6 is 0 Å². The Kier molecular flexibility index (Phi) is 3.49. The van der Waals surface area contributed by atoms with Gasteiger partial charge in [0.2, 0.25) is 0 Å².